The Hall–Kier alpha value is -0.870. The Balaban J connectivity index is 1.84. The van der Waals surface area contributed by atoms with Gasteiger partial charge in [0.15, 0.2) is 0 Å². The fourth-order valence-electron chi connectivity index (χ4n) is 3.54. The molecule has 1 aromatic carbocycles. The standard InChI is InChI=1S/C18H24BrNO2/c1-12-9-14-10-13(11-18(2,3)19)6-7-15(14)20(12)17(21)16-5-4-8-22-16/h6-7,10,12,16H,4-5,8-9,11H2,1-3H3. The van der Waals surface area contributed by atoms with Gasteiger partial charge in [-0.1, -0.05) is 28.1 Å². The lowest BCUT2D eigenvalue weighted by Gasteiger charge is -2.25. The highest BCUT2D eigenvalue weighted by molar-refractivity contribution is 9.10. The molecule has 0 aliphatic carbocycles. The molecule has 1 saturated heterocycles. The number of hydrogen-bond acceptors (Lipinski definition) is 2. The average molecular weight is 366 g/mol. The second kappa shape index (κ2) is 5.97. The minimum absolute atomic E-state index is 0.0959. The molecule has 2 atom stereocenters. The molecule has 1 amide bonds. The number of halogens is 1. The van der Waals surface area contributed by atoms with Gasteiger partial charge in [0, 0.05) is 22.7 Å². The highest BCUT2D eigenvalue weighted by Gasteiger charge is 2.36. The normalized spacial score (nSPS) is 24.6. The number of ether oxygens (including phenoxy) is 1. The highest BCUT2D eigenvalue weighted by atomic mass is 79.9. The van der Waals surface area contributed by atoms with E-state index >= 15 is 0 Å². The fourth-order valence-corrected chi connectivity index (χ4v) is 3.87. The zero-order valence-corrected chi connectivity index (χ0v) is 15.1. The number of benzene rings is 1. The van der Waals surface area contributed by atoms with E-state index in [0.717, 1.165) is 31.4 Å². The Labute approximate surface area is 141 Å². The van der Waals surface area contributed by atoms with Crippen molar-refractivity contribution in [2.45, 2.75) is 62.9 Å². The summed E-state index contributed by atoms with van der Waals surface area (Å²) in [6, 6.07) is 6.74. The van der Waals surface area contributed by atoms with Crippen LogP contribution in [0.5, 0.6) is 0 Å². The Morgan fingerprint density at radius 3 is 2.86 bits per heavy atom. The number of nitrogens with zero attached hydrogens (tertiary/aromatic N) is 1. The van der Waals surface area contributed by atoms with Crippen molar-refractivity contribution >= 4 is 27.5 Å². The smallest absolute Gasteiger partial charge is 0.256 e. The van der Waals surface area contributed by atoms with Gasteiger partial charge in [-0.3, -0.25) is 4.79 Å². The van der Waals surface area contributed by atoms with Crippen molar-refractivity contribution in [2.24, 2.45) is 0 Å². The van der Waals surface area contributed by atoms with Crippen LogP contribution in [0.3, 0.4) is 0 Å². The molecule has 2 heterocycles. The van der Waals surface area contributed by atoms with Crippen LogP contribution in [0.2, 0.25) is 0 Å². The van der Waals surface area contributed by atoms with Crippen molar-refractivity contribution in [3.8, 4) is 0 Å². The van der Waals surface area contributed by atoms with Gasteiger partial charge in [0.1, 0.15) is 6.10 Å². The number of carbonyl (C=O) groups is 1. The summed E-state index contributed by atoms with van der Waals surface area (Å²) in [5.41, 5.74) is 3.68. The summed E-state index contributed by atoms with van der Waals surface area (Å²) in [5, 5.41) is 0. The van der Waals surface area contributed by atoms with Gasteiger partial charge in [-0.25, -0.2) is 0 Å². The highest BCUT2D eigenvalue weighted by Crippen LogP contribution is 2.35. The number of rotatable bonds is 3. The molecule has 1 aromatic rings. The first-order valence-electron chi connectivity index (χ1n) is 8.10. The number of alkyl halides is 1. The van der Waals surface area contributed by atoms with Gasteiger partial charge in [-0.2, -0.15) is 0 Å². The molecule has 120 valence electrons. The topological polar surface area (TPSA) is 29.5 Å². The number of hydrogen-bond donors (Lipinski definition) is 0. The summed E-state index contributed by atoms with van der Waals surface area (Å²) >= 11 is 3.71. The molecule has 4 heteroatoms. The van der Waals surface area contributed by atoms with Crippen LogP contribution in [0.15, 0.2) is 18.2 Å². The first kappa shape index (κ1) is 16.0. The quantitative estimate of drug-likeness (QED) is 0.761. The van der Waals surface area contributed by atoms with Crippen LogP contribution in [0.1, 0.15) is 44.7 Å². The lowest BCUT2D eigenvalue weighted by atomic mass is 9.99. The number of amides is 1. The molecule has 0 bridgehead atoms. The maximum Gasteiger partial charge on any atom is 0.256 e. The molecular formula is C18H24BrNO2. The monoisotopic (exact) mass is 365 g/mol. The second-order valence-corrected chi connectivity index (χ2v) is 9.27. The van der Waals surface area contributed by atoms with Crippen LogP contribution < -0.4 is 4.90 Å². The van der Waals surface area contributed by atoms with Crippen LogP contribution in [0.4, 0.5) is 5.69 Å². The van der Waals surface area contributed by atoms with Gasteiger partial charge >= 0.3 is 0 Å². The summed E-state index contributed by atoms with van der Waals surface area (Å²) in [4.78, 5) is 14.7. The molecule has 3 nitrogen and oxygen atoms in total. The lowest BCUT2D eigenvalue weighted by molar-refractivity contribution is -0.127. The summed E-state index contributed by atoms with van der Waals surface area (Å²) < 4.78 is 5.68. The van der Waals surface area contributed by atoms with Crippen molar-refractivity contribution in [1.82, 2.24) is 0 Å². The van der Waals surface area contributed by atoms with E-state index in [-0.39, 0.29) is 22.4 Å². The van der Waals surface area contributed by atoms with Gasteiger partial charge in [-0.05, 0) is 63.6 Å². The third kappa shape index (κ3) is 3.23. The lowest BCUT2D eigenvalue weighted by Crippen LogP contribution is -2.42. The van der Waals surface area contributed by atoms with Crippen molar-refractivity contribution in [3.05, 3.63) is 29.3 Å². The molecule has 22 heavy (non-hydrogen) atoms. The van der Waals surface area contributed by atoms with Crippen LogP contribution in [0, 0.1) is 0 Å². The van der Waals surface area contributed by atoms with Gasteiger partial charge < -0.3 is 9.64 Å². The van der Waals surface area contributed by atoms with Gasteiger partial charge in [0.05, 0.1) is 0 Å². The fraction of sp³-hybridized carbons (Fsp3) is 0.611. The summed E-state index contributed by atoms with van der Waals surface area (Å²) in [6.07, 6.45) is 3.52. The average Bonchev–Trinajstić information content (AvgIpc) is 3.02. The Morgan fingerprint density at radius 1 is 1.45 bits per heavy atom. The van der Waals surface area contributed by atoms with E-state index in [2.05, 4.69) is 54.9 Å². The third-order valence-electron chi connectivity index (χ3n) is 4.43. The molecule has 0 N–H and O–H groups in total. The molecule has 0 saturated carbocycles. The number of fused-ring (bicyclic) bond motifs is 1. The molecule has 0 aromatic heterocycles. The first-order valence-corrected chi connectivity index (χ1v) is 8.90. The maximum absolute atomic E-state index is 12.7. The minimum atomic E-state index is -0.241. The zero-order chi connectivity index (χ0) is 15.9. The van der Waals surface area contributed by atoms with E-state index in [0.29, 0.717) is 6.61 Å². The maximum atomic E-state index is 12.7. The molecular weight excluding hydrogens is 342 g/mol. The summed E-state index contributed by atoms with van der Waals surface area (Å²) in [6.45, 7) is 7.19. The summed E-state index contributed by atoms with van der Waals surface area (Å²) in [7, 11) is 0. The van der Waals surface area contributed by atoms with Crippen LogP contribution in [-0.4, -0.2) is 29.0 Å². The number of carbonyl (C=O) groups excluding carboxylic acids is 1. The zero-order valence-electron chi connectivity index (χ0n) is 13.6. The second-order valence-electron chi connectivity index (χ2n) is 7.12. The first-order chi connectivity index (χ1) is 10.3. The molecule has 2 aliphatic heterocycles. The van der Waals surface area contributed by atoms with Gasteiger partial charge in [0.2, 0.25) is 0 Å². The van der Waals surface area contributed by atoms with Crippen molar-refractivity contribution in [3.63, 3.8) is 0 Å². The van der Waals surface area contributed by atoms with E-state index < -0.39 is 0 Å². The predicted octanol–water partition coefficient (Wildman–Crippen LogP) is 3.86. The Bertz CT molecular complexity index is 573. The Morgan fingerprint density at radius 2 is 2.23 bits per heavy atom. The van der Waals surface area contributed by atoms with E-state index in [9.17, 15) is 4.79 Å². The molecule has 3 rings (SSSR count). The predicted molar refractivity (Wildman–Crippen MR) is 92.8 cm³/mol. The van der Waals surface area contributed by atoms with Crippen molar-refractivity contribution < 1.29 is 9.53 Å². The van der Waals surface area contributed by atoms with Gasteiger partial charge in [0.25, 0.3) is 5.91 Å². The number of anilines is 1. The molecule has 2 aliphatic rings. The molecule has 1 fully saturated rings. The van der Waals surface area contributed by atoms with Crippen molar-refractivity contribution in [2.75, 3.05) is 11.5 Å². The van der Waals surface area contributed by atoms with Crippen molar-refractivity contribution in [1.29, 1.82) is 0 Å². The van der Waals surface area contributed by atoms with Crippen LogP contribution in [0.25, 0.3) is 0 Å². The molecule has 0 spiro atoms. The van der Waals surface area contributed by atoms with Gasteiger partial charge in [-0.15, -0.1) is 0 Å². The molecule has 2 unspecified atom stereocenters. The largest absolute Gasteiger partial charge is 0.368 e. The van der Waals surface area contributed by atoms with E-state index in [1.54, 1.807) is 0 Å². The molecule has 0 radical (unpaired) electrons. The van der Waals surface area contributed by atoms with Crippen LogP contribution in [-0.2, 0) is 22.4 Å². The summed E-state index contributed by atoms with van der Waals surface area (Å²) in [5.74, 6) is 0.136. The Kier molecular flexibility index (Phi) is 4.34. The van der Waals surface area contributed by atoms with E-state index in [4.69, 9.17) is 4.74 Å². The van der Waals surface area contributed by atoms with E-state index in [1.807, 2.05) is 4.90 Å². The van der Waals surface area contributed by atoms with E-state index in [1.165, 1.54) is 11.1 Å². The van der Waals surface area contributed by atoms with Crippen LogP contribution >= 0.6 is 15.9 Å². The minimum Gasteiger partial charge on any atom is -0.368 e. The SMILES string of the molecule is CC1Cc2cc(CC(C)(C)Br)ccc2N1C(=O)C1CCCO1. The third-order valence-corrected chi connectivity index (χ3v) is 4.71.